The standard InChI is InChI=1S/C24H23FN4OS/c1-16-5-6-17(2)29(16)21-20-4-3-11-26-23(20)31-22(21)24(30)28-14-12-27(13-15-28)19-9-7-18(25)8-10-19/h3-11H,12-15H2,1-2H3. The smallest absolute Gasteiger partial charge is 0.266 e. The second-order valence-corrected chi connectivity index (χ2v) is 8.84. The Labute approximate surface area is 184 Å². The summed E-state index contributed by atoms with van der Waals surface area (Å²) in [4.78, 5) is 23.8. The van der Waals surface area contributed by atoms with E-state index in [1.54, 1.807) is 18.3 Å². The van der Waals surface area contributed by atoms with Gasteiger partial charge < -0.3 is 14.4 Å². The molecule has 0 saturated carbocycles. The topological polar surface area (TPSA) is 41.4 Å². The number of rotatable bonds is 3. The van der Waals surface area contributed by atoms with Gasteiger partial charge >= 0.3 is 0 Å². The summed E-state index contributed by atoms with van der Waals surface area (Å²) in [7, 11) is 0. The van der Waals surface area contributed by atoms with E-state index in [4.69, 9.17) is 0 Å². The van der Waals surface area contributed by atoms with Gasteiger partial charge in [-0.25, -0.2) is 9.37 Å². The quantitative estimate of drug-likeness (QED) is 0.465. The minimum Gasteiger partial charge on any atom is -0.368 e. The Bertz CT molecular complexity index is 1230. The van der Waals surface area contributed by atoms with Crippen LogP contribution in [0.5, 0.6) is 0 Å². The van der Waals surface area contributed by atoms with E-state index in [0.29, 0.717) is 13.1 Å². The van der Waals surface area contributed by atoms with E-state index < -0.39 is 0 Å². The largest absolute Gasteiger partial charge is 0.368 e. The molecule has 158 valence electrons. The summed E-state index contributed by atoms with van der Waals surface area (Å²) in [6.07, 6.45) is 1.77. The number of hydrogen-bond donors (Lipinski definition) is 0. The third-order valence-electron chi connectivity index (χ3n) is 5.89. The average Bonchev–Trinajstić information content (AvgIpc) is 3.33. The lowest BCUT2D eigenvalue weighted by Crippen LogP contribution is -2.48. The highest BCUT2D eigenvalue weighted by Gasteiger charge is 2.28. The van der Waals surface area contributed by atoms with Crippen molar-refractivity contribution in [1.82, 2.24) is 14.5 Å². The van der Waals surface area contributed by atoms with Crippen LogP contribution in [-0.2, 0) is 0 Å². The highest BCUT2D eigenvalue weighted by Crippen LogP contribution is 2.36. The summed E-state index contributed by atoms with van der Waals surface area (Å²) in [5.41, 5.74) is 4.10. The first-order valence-corrected chi connectivity index (χ1v) is 11.2. The van der Waals surface area contributed by atoms with Gasteiger partial charge in [-0.2, -0.15) is 0 Å². The number of halogens is 1. The van der Waals surface area contributed by atoms with Crippen LogP contribution in [0.1, 0.15) is 21.1 Å². The maximum Gasteiger partial charge on any atom is 0.266 e. The number of piperazine rings is 1. The van der Waals surface area contributed by atoms with Gasteiger partial charge in [-0.05, 0) is 62.4 Å². The number of fused-ring (bicyclic) bond motifs is 1. The van der Waals surface area contributed by atoms with Gasteiger partial charge in [0.05, 0.1) is 5.69 Å². The van der Waals surface area contributed by atoms with E-state index in [9.17, 15) is 9.18 Å². The second kappa shape index (κ2) is 7.81. The van der Waals surface area contributed by atoms with E-state index in [0.717, 1.165) is 50.9 Å². The van der Waals surface area contributed by atoms with Crippen LogP contribution in [0.15, 0.2) is 54.7 Å². The molecule has 1 aromatic carbocycles. The summed E-state index contributed by atoms with van der Waals surface area (Å²) in [6, 6.07) is 14.6. The molecule has 4 heterocycles. The van der Waals surface area contributed by atoms with Crippen molar-refractivity contribution in [3.05, 3.63) is 76.8 Å². The van der Waals surface area contributed by atoms with E-state index in [1.165, 1.54) is 23.5 Å². The number of pyridine rings is 1. The minimum absolute atomic E-state index is 0.0456. The monoisotopic (exact) mass is 434 g/mol. The predicted octanol–water partition coefficient (Wildman–Crippen LogP) is 4.81. The van der Waals surface area contributed by atoms with Crippen LogP contribution in [0.25, 0.3) is 15.9 Å². The lowest BCUT2D eigenvalue weighted by molar-refractivity contribution is 0.0751. The van der Waals surface area contributed by atoms with Crippen LogP contribution in [0, 0.1) is 19.7 Å². The molecule has 1 aliphatic rings. The fraction of sp³-hybridized carbons (Fsp3) is 0.250. The van der Waals surface area contributed by atoms with Gasteiger partial charge in [0.15, 0.2) is 0 Å². The third kappa shape index (κ3) is 3.49. The number of nitrogens with zero attached hydrogens (tertiary/aromatic N) is 4. The van der Waals surface area contributed by atoms with E-state index in [1.807, 2.05) is 17.0 Å². The highest BCUT2D eigenvalue weighted by atomic mass is 32.1. The zero-order chi connectivity index (χ0) is 21.5. The molecule has 0 bridgehead atoms. The van der Waals surface area contributed by atoms with Crippen LogP contribution in [0.2, 0.25) is 0 Å². The van der Waals surface area contributed by atoms with Crippen molar-refractivity contribution in [2.45, 2.75) is 13.8 Å². The fourth-order valence-electron chi connectivity index (χ4n) is 4.27. The normalized spacial score (nSPS) is 14.4. The Morgan fingerprint density at radius 2 is 1.65 bits per heavy atom. The van der Waals surface area contributed by atoms with Crippen molar-refractivity contribution in [2.75, 3.05) is 31.1 Å². The van der Waals surface area contributed by atoms with Gasteiger partial charge in [0.2, 0.25) is 0 Å². The van der Waals surface area contributed by atoms with Gasteiger partial charge in [-0.1, -0.05) is 0 Å². The number of benzene rings is 1. The van der Waals surface area contributed by atoms with Crippen molar-refractivity contribution >= 4 is 33.1 Å². The van der Waals surface area contributed by atoms with Crippen molar-refractivity contribution in [1.29, 1.82) is 0 Å². The molecule has 0 atom stereocenters. The summed E-state index contributed by atoms with van der Waals surface area (Å²) in [5.74, 6) is -0.191. The maximum atomic E-state index is 13.6. The van der Waals surface area contributed by atoms with Gasteiger partial charge in [-0.3, -0.25) is 4.79 Å². The molecule has 1 saturated heterocycles. The first-order valence-electron chi connectivity index (χ1n) is 10.4. The summed E-state index contributed by atoms with van der Waals surface area (Å²) < 4.78 is 15.4. The SMILES string of the molecule is Cc1ccc(C)n1-c1c(C(=O)N2CCN(c3ccc(F)cc3)CC2)sc2ncccc12. The number of amides is 1. The van der Waals surface area contributed by atoms with Crippen LogP contribution in [0.3, 0.4) is 0 Å². The van der Waals surface area contributed by atoms with Crippen molar-refractivity contribution in [2.24, 2.45) is 0 Å². The van der Waals surface area contributed by atoms with Crippen LogP contribution < -0.4 is 4.90 Å². The molecule has 3 aromatic heterocycles. The van der Waals surface area contributed by atoms with Crippen molar-refractivity contribution in [3.63, 3.8) is 0 Å². The first-order chi connectivity index (χ1) is 15.0. The first kappa shape index (κ1) is 19.8. The molecule has 1 aliphatic heterocycles. The van der Waals surface area contributed by atoms with Crippen molar-refractivity contribution < 1.29 is 9.18 Å². The van der Waals surface area contributed by atoms with Crippen LogP contribution in [0.4, 0.5) is 10.1 Å². The number of hydrogen-bond acceptors (Lipinski definition) is 4. The number of anilines is 1. The lowest BCUT2D eigenvalue weighted by atomic mass is 10.2. The maximum absolute atomic E-state index is 13.6. The van der Waals surface area contributed by atoms with Gasteiger partial charge in [0, 0.05) is 54.8 Å². The Balaban J connectivity index is 1.46. The second-order valence-electron chi connectivity index (χ2n) is 7.84. The molecule has 0 N–H and O–H groups in total. The summed E-state index contributed by atoms with van der Waals surface area (Å²) >= 11 is 1.46. The Morgan fingerprint density at radius 3 is 2.32 bits per heavy atom. The Hall–Kier alpha value is -3.19. The number of aryl methyl sites for hydroxylation is 2. The molecule has 0 aliphatic carbocycles. The molecule has 1 fully saturated rings. The van der Waals surface area contributed by atoms with E-state index in [2.05, 4.69) is 40.4 Å². The van der Waals surface area contributed by atoms with E-state index in [-0.39, 0.29) is 11.7 Å². The summed E-state index contributed by atoms with van der Waals surface area (Å²) in [6.45, 7) is 6.81. The fourth-order valence-corrected chi connectivity index (χ4v) is 5.37. The van der Waals surface area contributed by atoms with Gasteiger partial charge in [0.1, 0.15) is 15.5 Å². The molecule has 31 heavy (non-hydrogen) atoms. The number of carbonyl (C=O) groups is 1. The molecule has 5 rings (SSSR count). The zero-order valence-corrected chi connectivity index (χ0v) is 18.3. The molecule has 5 nitrogen and oxygen atoms in total. The molecule has 0 spiro atoms. The summed E-state index contributed by atoms with van der Waals surface area (Å²) in [5, 5.41) is 1.00. The molecule has 0 unspecified atom stereocenters. The predicted molar refractivity (Wildman–Crippen MR) is 123 cm³/mol. The zero-order valence-electron chi connectivity index (χ0n) is 17.5. The van der Waals surface area contributed by atoms with Gasteiger partial charge in [0.25, 0.3) is 5.91 Å². The number of carbonyl (C=O) groups excluding carboxylic acids is 1. The molecule has 7 heteroatoms. The number of aromatic nitrogens is 2. The minimum atomic E-state index is -0.237. The van der Waals surface area contributed by atoms with Crippen LogP contribution in [-0.4, -0.2) is 46.5 Å². The average molecular weight is 435 g/mol. The molecule has 4 aromatic rings. The molecular formula is C24H23FN4OS. The Kier molecular flexibility index (Phi) is 4.98. The van der Waals surface area contributed by atoms with Gasteiger partial charge in [-0.15, -0.1) is 11.3 Å². The Morgan fingerprint density at radius 1 is 0.968 bits per heavy atom. The lowest BCUT2D eigenvalue weighted by Gasteiger charge is -2.36. The number of thiophene rings is 1. The van der Waals surface area contributed by atoms with E-state index >= 15 is 0 Å². The van der Waals surface area contributed by atoms with Crippen molar-refractivity contribution in [3.8, 4) is 5.69 Å². The van der Waals surface area contributed by atoms with Crippen LogP contribution >= 0.6 is 11.3 Å². The molecule has 1 amide bonds. The molecule has 0 radical (unpaired) electrons. The third-order valence-corrected chi connectivity index (χ3v) is 6.98. The highest BCUT2D eigenvalue weighted by molar-refractivity contribution is 7.21. The molecular weight excluding hydrogens is 411 g/mol.